The molecule has 0 unspecified atom stereocenters. The Kier molecular flexibility index (Phi) is 5.89. The number of nitrogens with zero attached hydrogens (tertiary/aromatic N) is 2. The summed E-state index contributed by atoms with van der Waals surface area (Å²) in [7, 11) is 0. The highest BCUT2D eigenvalue weighted by Gasteiger charge is 2.29. The van der Waals surface area contributed by atoms with Crippen LogP contribution in [0.3, 0.4) is 0 Å². The van der Waals surface area contributed by atoms with Crippen LogP contribution in [0.5, 0.6) is 0 Å². The van der Waals surface area contributed by atoms with Crippen molar-refractivity contribution in [3.63, 3.8) is 0 Å². The predicted molar refractivity (Wildman–Crippen MR) is 86.2 cm³/mol. The molecule has 0 saturated carbocycles. The quantitative estimate of drug-likeness (QED) is 0.872. The highest BCUT2D eigenvalue weighted by molar-refractivity contribution is 5.81. The number of hydrogen-bond acceptors (Lipinski definition) is 3. The standard InChI is InChI=1S/C17H22FN3O3/c1-12(22)20-8-9-21(11-14(10-20)17(19)24)16(23)7-4-13-2-5-15(18)6-3-13/h2-3,5-6,14H,4,7-11H2,1H3,(H2,19,24)/t14-/m1/s1. The lowest BCUT2D eigenvalue weighted by molar-refractivity contribution is -0.132. The molecule has 7 heteroatoms. The molecule has 1 aromatic carbocycles. The summed E-state index contributed by atoms with van der Waals surface area (Å²) in [4.78, 5) is 38.7. The van der Waals surface area contributed by atoms with Crippen molar-refractivity contribution in [2.24, 2.45) is 11.7 Å². The SMILES string of the molecule is CC(=O)N1CCN(C(=O)CCc2ccc(F)cc2)C[C@H](C(N)=O)C1. The third kappa shape index (κ3) is 4.78. The maximum atomic E-state index is 12.9. The number of carbonyl (C=O) groups excluding carboxylic acids is 3. The van der Waals surface area contributed by atoms with E-state index in [1.165, 1.54) is 19.1 Å². The molecule has 2 N–H and O–H groups in total. The first-order valence-corrected chi connectivity index (χ1v) is 7.94. The molecule has 1 aromatic rings. The number of hydrogen-bond donors (Lipinski definition) is 1. The molecule has 0 aromatic heterocycles. The van der Waals surface area contributed by atoms with Crippen LogP contribution in [0.4, 0.5) is 4.39 Å². The van der Waals surface area contributed by atoms with Crippen molar-refractivity contribution in [3.05, 3.63) is 35.6 Å². The van der Waals surface area contributed by atoms with E-state index in [1.807, 2.05) is 0 Å². The smallest absolute Gasteiger partial charge is 0.224 e. The number of rotatable bonds is 4. The second-order valence-electron chi connectivity index (χ2n) is 6.03. The normalized spacial score (nSPS) is 18.2. The molecule has 0 bridgehead atoms. The molecule has 1 fully saturated rings. The maximum absolute atomic E-state index is 12.9. The second kappa shape index (κ2) is 7.90. The number of carbonyl (C=O) groups is 3. The van der Waals surface area contributed by atoms with E-state index in [0.29, 0.717) is 19.5 Å². The van der Waals surface area contributed by atoms with Crippen molar-refractivity contribution in [3.8, 4) is 0 Å². The van der Waals surface area contributed by atoms with E-state index in [-0.39, 0.29) is 37.1 Å². The maximum Gasteiger partial charge on any atom is 0.224 e. The average Bonchev–Trinajstić information content (AvgIpc) is 2.77. The Morgan fingerprint density at radius 2 is 1.71 bits per heavy atom. The number of aryl methyl sites for hydroxylation is 1. The van der Waals surface area contributed by atoms with Gasteiger partial charge in [0.1, 0.15) is 5.82 Å². The van der Waals surface area contributed by atoms with E-state index in [0.717, 1.165) is 5.56 Å². The molecule has 2 rings (SSSR count). The topological polar surface area (TPSA) is 83.7 Å². The first kappa shape index (κ1) is 17.9. The van der Waals surface area contributed by atoms with Gasteiger partial charge in [0, 0.05) is 39.5 Å². The Labute approximate surface area is 140 Å². The van der Waals surface area contributed by atoms with Crippen LogP contribution in [-0.4, -0.2) is 53.7 Å². The van der Waals surface area contributed by atoms with Crippen LogP contribution in [0.1, 0.15) is 18.9 Å². The minimum absolute atomic E-state index is 0.101. The lowest BCUT2D eigenvalue weighted by Gasteiger charge is -2.22. The molecular formula is C17H22FN3O3. The van der Waals surface area contributed by atoms with Gasteiger partial charge in [-0.25, -0.2) is 4.39 Å². The summed E-state index contributed by atoms with van der Waals surface area (Å²) in [5.41, 5.74) is 6.26. The van der Waals surface area contributed by atoms with E-state index in [2.05, 4.69) is 0 Å². The Balaban J connectivity index is 1.98. The molecule has 1 saturated heterocycles. The van der Waals surface area contributed by atoms with Gasteiger partial charge in [-0.05, 0) is 24.1 Å². The summed E-state index contributed by atoms with van der Waals surface area (Å²) < 4.78 is 12.9. The summed E-state index contributed by atoms with van der Waals surface area (Å²) in [6.07, 6.45) is 0.754. The highest BCUT2D eigenvalue weighted by Crippen LogP contribution is 2.13. The second-order valence-corrected chi connectivity index (χ2v) is 6.03. The summed E-state index contributed by atoms with van der Waals surface area (Å²) in [6.45, 7) is 2.67. The minimum Gasteiger partial charge on any atom is -0.369 e. The van der Waals surface area contributed by atoms with Crippen molar-refractivity contribution in [1.29, 1.82) is 0 Å². The van der Waals surface area contributed by atoms with E-state index >= 15 is 0 Å². The molecule has 1 aliphatic rings. The number of halogens is 1. The van der Waals surface area contributed by atoms with Gasteiger partial charge in [-0.2, -0.15) is 0 Å². The van der Waals surface area contributed by atoms with E-state index in [1.54, 1.807) is 21.9 Å². The molecule has 130 valence electrons. The van der Waals surface area contributed by atoms with Gasteiger partial charge in [0.15, 0.2) is 0 Å². The van der Waals surface area contributed by atoms with Crippen LogP contribution in [0.2, 0.25) is 0 Å². The van der Waals surface area contributed by atoms with E-state index < -0.39 is 11.8 Å². The Hall–Kier alpha value is -2.44. The zero-order valence-corrected chi connectivity index (χ0v) is 13.7. The fourth-order valence-electron chi connectivity index (χ4n) is 2.77. The molecule has 1 aliphatic heterocycles. The Morgan fingerprint density at radius 1 is 1.12 bits per heavy atom. The monoisotopic (exact) mass is 335 g/mol. The van der Waals surface area contributed by atoms with Gasteiger partial charge in [0.25, 0.3) is 0 Å². The van der Waals surface area contributed by atoms with E-state index in [9.17, 15) is 18.8 Å². The van der Waals surface area contributed by atoms with Crippen molar-refractivity contribution < 1.29 is 18.8 Å². The van der Waals surface area contributed by atoms with Gasteiger partial charge in [-0.3, -0.25) is 14.4 Å². The summed E-state index contributed by atoms with van der Waals surface area (Å²) in [5.74, 6) is -1.63. The molecule has 1 heterocycles. The molecule has 0 aliphatic carbocycles. The van der Waals surface area contributed by atoms with Crippen LogP contribution in [-0.2, 0) is 20.8 Å². The van der Waals surface area contributed by atoms with Gasteiger partial charge in [0.2, 0.25) is 17.7 Å². The third-order valence-corrected chi connectivity index (χ3v) is 4.26. The van der Waals surface area contributed by atoms with Crippen LogP contribution >= 0.6 is 0 Å². The van der Waals surface area contributed by atoms with Gasteiger partial charge in [-0.15, -0.1) is 0 Å². The van der Waals surface area contributed by atoms with Gasteiger partial charge in [0.05, 0.1) is 5.92 Å². The summed E-state index contributed by atoms with van der Waals surface area (Å²) in [5, 5.41) is 0. The molecular weight excluding hydrogens is 313 g/mol. The lowest BCUT2D eigenvalue weighted by Crippen LogP contribution is -2.40. The predicted octanol–water partition coefficient (Wildman–Crippen LogP) is 0.551. The molecule has 1 atom stereocenters. The lowest BCUT2D eigenvalue weighted by atomic mass is 10.1. The van der Waals surface area contributed by atoms with Crippen LogP contribution in [0.25, 0.3) is 0 Å². The van der Waals surface area contributed by atoms with Crippen molar-refractivity contribution >= 4 is 17.7 Å². The van der Waals surface area contributed by atoms with Crippen LogP contribution in [0, 0.1) is 11.7 Å². The fraction of sp³-hybridized carbons (Fsp3) is 0.471. The first-order valence-electron chi connectivity index (χ1n) is 7.94. The first-order chi connectivity index (χ1) is 11.4. The van der Waals surface area contributed by atoms with Crippen LogP contribution in [0.15, 0.2) is 24.3 Å². The van der Waals surface area contributed by atoms with Crippen molar-refractivity contribution in [1.82, 2.24) is 9.80 Å². The number of benzene rings is 1. The van der Waals surface area contributed by atoms with Crippen molar-refractivity contribution in [2.45, 2.75) is 19.8 Å². The highest BCUT2D eigenvalue weighted by atomic mass is 19.1. The third-order valence-electron chi connectivity index (χ3n) is 4.26. The largest absolute Gasteiger partial charge is 0.369 e. The number of nitrogens with two attached hydrogens (primary N) is 1. The summed E-state index contributed by atoms with van der Waals surface area (Å²) >= 11 is 0. The van der Waals surface area contributed by atoms with Crippen molar-refractivity contribution in [2.75, 3.05) is 26.2 Å². The van der Waals surface area contributed by atoms with Gasteiger partial charge >= 0.3 is 0 Å². The molecule has 0 radical (unpaired) electrons. The molecule has 0 spiro atoms. The molecule has 6 nitrogen and oxygen atoms in total. The zero-order chi connectivity index (χ0) is 17.7. The Bertz CT molecular complexity index is 618. The fourth-order valence-corrected chi connectivity index (χ4v) is 2.77. The number of primary amides is 1. The number of amides is 3. The van der Waals surface area contributed by atoms with Crippen LogP contribution < -0.4 is 5.73 Å². The Morgan fingerprint density at radius 3 is 2.29 bits per heavy atom. The zero-order valence-electron chi connectivity index (χ0n) is 13.7. The van der Waals surface area contributed by atoms with E-state index in [4.69, 9.17) is 5.73 Å². The summed E-state index contributed by atoms with van der Waals surface area (Å²) in [6, 6.07) is 6.02. The average molecular weight is 335 g/mol. The minimum atomic E-state index is -0.564. The van der Waals surface area contributed by atoms with Gasteiger partial charge < -0.3 is 15.5 Å². The molecule has 24 heavy (non-hydrogen) atoms. The van der Waals surface area contributed by atoms with Gasteiger partial charge in [-0.1, -0.05) is 12.1 Å². The molecule has 3 amide bonds.